The first-order chi connectivity index (χ1) is 12.5. The van der Waals surface area contributed by atoms with E-state index in [0.29, 0.717) is 0 Å². The van der Waals surface area contributed by atoms with Crippen molar-refractivity contribution in [3.05, 3.63) is 41.9 Å². The van der Waals surface area contributed by atoms with E-state index in [9.17, 15) is 26.4 Å². The van der Waals surface area contributed by atoms with Gasteiger partial charge in [-0.05, 0) is 19.1 Å². The molecule has 0 saturated heterocycles. The molecule has 11 heteroatoms. The van der Waals surface area contributed by atoms with Gasteiger partial charge < -0.3 is 0 Å². The van der Waals surface area contributed by atoms with Crippen LogP contribution < -0.4 is 0 Å². The Balaban J connectivity index is 2.22. The summed E-state index contributed by atoms with van der Waals surface area (Å²) in [6.07, 6.45) is -2.20. The molecular weight excluding hydrogens is 385 g/mol. The number of hydrogen-bond acceptors (Lipinski definition) is 6. The van der Waals surface area contributed by atoms with Crippen LogP contribution in [-0.4, -0.2) is 39.5 Å². The molecule has 0 atom stereocenters. The molecule has 27 heavy (non-hydrogen) atoms. The van der Waals surface area contributed by atoms with Crippen LogP contribution in [0.25, 0.3) is 17.0 Å². The van der Waals surface area contributed by atoms with Crippen LogP contribution in [0, 0.1) is 0 Å². The number of fused-ring (bicyclic) bond motifs is 1. The monoisotopic (exact) mass is 398 g/mol. The van der Waals surface area contributed by atoms with Crippen LogP contribution in [0.1, 0.15) is 29.9 Å². The maximum absolute atomic E-state index is 12.8. The number of rotatable bonds is 4. The normalized spacial score (nSPS) is 12.5. The van der Waals surface area contributed by atoms with Gasteiger partial charge in [-0.2, -0.15) is 18.3 Å². The zero-order valence-corrected chi connectivity index (χ0v) is 15.0. The standard InChI is InChI=1S/C16H13F3N4O3S/c1-3-27(25,26)12-6-10(9(2)24)8-20-15(12)11-4-5-23-14(21-11)7-13(22-23)16(17,18)19/h4-8H,3H2,1-2H3. The van der Waals surface area contributed by atoms with Gasteiger partial charge in [0.1, 0.15) is 5.69 Å². The predicted octanol–water partition coefficient (Wildman–Crippen LogP) is 2.81. The van der Waals surface area contributed by atoms with Gasteiger partial charge in [-0.25, -0.2) is 17.9 Å². The zero-order chi connectivity index (χ0) is 20.0. The van der Waals surface area contributed by atoms with Gasteiger partial charge in [-0.1, -0.05) is 6.92 Å². The van der Waals surface area contributed by atoms with Gasteiger partial charge in [0, 0.05) is 24.0 Å². The lowest BCUT2D eigenvalue weighted by Crippen LogP contribution is -2.09. The molecule has 0 amide bonds. The van der Waals surface area contributed by atoms with Gasteiger partial charge in [-0.3, -0.25) is 9.78 Å². The van der Waals surface area contributed by atoms with Crippen molar-refractivity contribution < 1.29 is 26.4 Å². The fourth-order valence-corrected chi connectivity index (χ4v) is 3.44. The summed E-state index contributed by atoms with van der Waals surface area (Å²) >= 11 is 0. The Bertz CT molecular complexity index is 1150. The Kier molecular flexibility index (Phi) is 4.50. The van der Waals surface area contributed by atoms with Crippen LogP contribution >= 0.6 is 0 Å². The molecule has 0 radical (unpaired) electrons. The Hall–Kier alpha value is -2.82. The second-order valence-corrected chi connectivity index (χ2v) is 7.92. The molecule has 0 unspecified atom stereocenters. The number of alkyl halides is 3. The number of sulfone groups is 1. The predicted molar refractivity (Wildman–Crippen MR) is 89.0 cm³/mol. The van der Waals surface area contributed by atoms with E-state index in [1.54, 1.807) is 0 Å². The van der Waals surface area contributed by atoms with Crippen molar-refractivity contribution in [2.24, 2.45) is 0 Å². The van der Waals surface area contributed by atoms with Crippen LogP contribution in [0.3, 0.4) is 0 Å². The number of hydrogen-bond donors (Lipinski definition) is 0. The molecule has 3 aromatic rings. The smallest absolute Gasteiger partial charge is 0.294 e. The van der Waals surface area contributed by atoms with E-state index in [1.165, 1.54) is 38.4 Å². The van der Waals surface area contributed by atoms with Crippen LogP contribution in [-0.2, 0) is 16.0 Å². The van der Waals surface area contributed by atoms with Crippen molar-refractivity contribution in [2.45, 2.75) is 24.9 Å². The van der Waals surface area contributed by atoms with E-state index in [0.717, 1.165) is 10.6 Å². The molecule has 0 spiro atoms. The van der Waals surface area contributed by atoms with E-state index in [4.69, 9.17) is 0 Å². The number of carbonyl (C=O) groups excluding carboxylic acids is 1. The summed E-state index contributed by atoms with van der Waals surface area (Å²) in [6.45, 7) is 2.71. The van der Waals surface area contributed by atoms with Crippen molar-refractivity contribution in [1.82, 2.24) is 19.6 Å². The molecule has 0 aliphatic heterocycles. The molecule has 3 heterocycles. The highest BCUT2D eigenvalue weighted by Gasteiger charge is 2.34. The third kappa shape index (κ3) is 3.54. The number of aromatic nitrogens is 4. The first kappa shape index (κ1) is 19.0. The summed E-state index contributed by atoms with van der Waals surface area (Å²) in [6, 6.07) is 3.26. The summed E-state index contributed by atoms with van der Waals surface area (Å²) in [5.41, 5.74) is -1.11. The molecule has 0 bridgehead atoms. The van der Waals surface area contributed by atoms with Gasteiger partial charge in [0.05, 0.1) is 16.3 Å². The third-order valence-corrected chi connectivity index (χ3v) is 5.57. The number of carbonyl (C=O) groups is 1. The van der Waals surface area contributed by atoms with Crippen molar-refractivity contribution in [3.63, 3.8) is 0 Å². The van der Waals surface area contributed by atoms with Crippen LogP contribution in [0.5, 0.6) is 0 Å². The highest BCUT2D eigenvalue weighted by atomic mass is 32.2. The average Bonchev–Trinajstić information content (AvgIpc) is 3.04. The van der Waals surface area contributed by atoms with Gasteiger partial charge in [0.15, 0.2) is 27.0 Å². The van der Waals surface area contributed by atoms with Gasteiger partial charge in [-0.15, -0.1) is 0 Å². The number of halogens is 3. The van der Waals surface area contributed by atoms with Crippen molar-refractivity contribution in [2.75, 3.05) is 5.75 Å². The van der Waals surface area contributed by atoms with E-state index in [-0.39, 0.29) is 39.0 Å². The summed E-state index contributed by atoms with van der Waals surface area (Å²) in [5, 5.41) is 3.39. The van der Waals surface area contributed by atoms with Crippen LogP contribution in [0.4, 0.5) is 13.2 Å². The van der Waals surface area contributed by atoms with Crippen LogP contribution in [0.15, 0.2) is 35.5 Å². The van der Waals surface area contributed by atoms with Crippen molar-refractivity contribution >= 4 is 21.3 Å². The molecule has 0 aromatic carbocycles. The first-order valence-corrected chi connectivity index (χ1v) is 9.36. The number of nitrogens with zero attached hydrogens (tertiary/aromatic N) is 4. The van der Waals surface area contributed by atoms with Gasteiger partial charge >= 0.3 is 6.18 Å². The quantitative estimate of drug-likeness (QED) is 0.628. The summed E-state index contributed by atoms with van der Waals surface area (Å²) in [5.74, 6) is -0.605. The van der Waals surface area contributed by atoms with Gasteiger partial charge in [0.25, 0.3) is 0 Å². The molecule has 7 nitrogen and oxygen atoms in total. The molecule has 3 aromatic heterocycles. The fourth-order valence-electron chi connectivity index (χ4n) is 2.37. The molecule has 0 aliphatic carbocycles. The van der Waals surface area contributed by atoms with Crippen LogP contribution in [0.2, 0.25) is 0 Å². The Morgan fingerprint density at radius 3 is 2.56 bits per heavy atom. The minimum absolute atomic E-state index is 0.0425. The van der Waals surface area contributed by atoms with E-state index >= 15 is 0 Å². The summed E-state index contributed by atoms with van der Waals surface area (Å²) < 4.78 is 64.2. The molecule has 142 valence electrons. The highest BCUT2D eigenvalue weighted by Crippen LogP contribution is 2.30. The maximum atomic E-state index is 12.8. The van der Waals surface area contributed by atoms with E-state index in [1.807, 2.05) is 0 Å². The molecule has 0 fully saturated rings. The minimum Gasteiger partial charge on any atom is -0.294 e. The first-order valence-electron chi connectivity index (χ1n) is 7.70. The molecule has 0 saturated carbocycles. The number of pyridine rings is 1. The molecule has 3 rings (SSSR count). The SMILES string of the molecule is CCS(=O)(=O)c1cc(C(C)=O)cnc1-c1ccn2nc(C(F)(F)F)cc2n1. The number of ketones is 1. The summed E-state index contributed by atoms with van der Waals surface area (Å²) in [4.78, 5) is 19.4. The van der Waals surface area contributed by atoms with Crippen molar-refractivity contribution in [3.8, 4) is 11.4 Å². The maximum Gasteiger partial charge on any atom is 0.435 e. The minimum atomic E-state index is -4.63. The second kappa shape index (κ2) is 6.41. The third-order valence-electron chi connectivity index (χ3n) is 3.83. The van der Waals surface area contributed by atoms with Gasteiger partial charge in [0.2, 0.25) is 0 Å². The Morgan fingerprint density at radius 2 is 1.96 bits per heavy atom. The Morgan fingerprint density at radius 1 is 1.26 bits per heavy atom. The Labute approximate surface area is 151 Å². The summed E-state index contributed by atoms with van der Waals surface area (Å²) in [7, 11) is -3.76. The fraction of sp³-hybridized carbons (Fsp3) is 0.250. The lowest BCUT2D eigenvalue weighted by atomic mass is 10.1. The largest absolute Gasteiger partial charge is 0.435 e. The molecule has 0 aliphatic rings. The molecular formula is C16H13F3N4O3S. The molecule has 0 N–H and O–H groups in total. The lowest BCUT2D eigenvalue weighted by Gasteiger charge is -2.09. The highest BCUT2D eigenvalue weighted by molar-refractivity contribution is 7.91. The second-order valence-electron chi connectivity index (χ2n) is 5.67. The topological polar surface area (TPSA) is 94.3 Å². The van der Waals surface area contributed by atoms with Crippen molar-refractivity contribution in [1.29, 1.82) is 0 Å². The van der Waals surface area contributed by atoms with E-state index < -0.39 is 21.7 Å². The average molecular weight is 398 g/mol. The lowest BCUT2D eigenvalue weighted by molar-refractivity contribution is -0.141. The zero-order valence-electron chi connectivity index (χ0n) is 14.1. The van der Waals surface area contributed by atoms with E-state index in [2.05, 4.69) is 15.1 Å². The number of Topliss-reactive ketones (excluding diaryl/α,β-unsaturated/α-hetero) is 1.